The number of ether oxygens (including phenoxy) is 2. The fourth-order valence-electron chi connectivity index (χ4n) is 5.15. The first-order valence-corrected chi connectivity index (χ1v) is 12.8. The number of fused-ring (bicyclic) bond motifs is 1. The van der Waals surface area contributed by atoms with E-state index in [-0.39, 0.29) is 11.6 Å². The number of phenolic OH excluding ortho intramolecular Hbond substituents is 1. The Labute approximate surface area is 216 Å². The molecule has 1 fully saturated rings. The molecule has 2 aliphatic heterocycles. The normalized spacial score (nSPS) is 20.7. The second-order valence-corrected chi connectivity index (χ2v) is 10.4. The lowest BCUT2D eigenvalue weighted by Gasteiger charge is -2.31. The van der Waals surface area contributed by atoms with E-state index >= 15 is 0 Å². The monoisotopic (exact) mass is 507 g/mol. The van der Waals surface area contributed by atoms with E-state index in [0.717, 1.165) is 47.0 Å². The van der Waals surface area contributed by atoms with Gasteiger partial charge in [-0.1, -0.05) is 30.7 Å². The summed E-state index contributed by atoms with van der Waals surface area (Å²) in [5, 5.41) is 10.5. The molecule has 2 heterocycles. The van der Waals surface area contributed by atoms with Gasteiger partial charge in [0, 0.05) is 34.3 Å². The Morgan fingerprint density at radius 1 is 1.11 bits per heavy atom. The molecule has 0 bridgehead atoms. The molecular formula is C30H31ClFNO3. The SMILES string of the molecule is CC1=C(c2cc(F)ccc2Cl)C(c2ccc(OCC(C)N3CCC(C)C3)cc2)Oc2ccc(O)cc21. The molecule has 6 heteroatoms. The van der Waals surface area contributed by atoms with E-state index in [1.165, 1.54) is 18.6 Å². The minimum Gasteiger partial charge on any atom is -0.508 e. The molecule has 188 valence electrons. The number of rotatable bonds is 6. The quantitative estimate of drug-likeness (QED) is 0.378. The number of hydrogen-bond donors (Lipinski definition) is 1. The van der Waals surface area contributed by atoms with Crippen molar-refractivity contribution in [2.24, 2.45) is 5.92 Å². The number of nitrogens with zero attached hydrogens (tertiary/aromatic N) is 1. The second kappa shape index (κ2) is 10.2. The standard InChI is InChI=1S/C30H31ClFNO3/c1-18-12-13-33(16-18)19(2)17-35-24-8-4-21(5-9-24)30-29(26-14-22(32)6-10-27(26)31)20(3)25-15-23(34)7-11-28(25)36-30/h4-11,14-15,18-19,30,34H,12-13,16-17H2,1-3H3. The summed E-state index contributed by atoms with van der Waals surface area (Å²) in [6.07, 6.45) is 0.744. The maximum Gasteiger partial charge on any atom is 0.150 e. The molecule has 0 aromatic heterocycles. The Hall–Kier alpha value is -3.02. The highest BCUT2D eigenvalue weighted by molar-refractivity contribution is 6.32. The second-order valence-electron chi connectivity index (χ2n) is 9.96. The van der Waals surface area contributed by atoms with Crippen LogP contribution in [0.2, 0.25) is 5.02 Å². The van der Waals surface area contributed by atoms with Crippen LogP contribution in [0.5, 0.6) is 17.2 Å². The van der Waals surface area contributed by atoms with Gasteiger partial charge in [-0.05, 0) is 92.4 Å². The number of hydrogen-bond acceptors (Lipinski definition) is 4. The molecule has 5 rings (SSSR count). The fourth-order valence-corrected chi connectivity index (χ4v) is 5.37. The van der Waals surface area contributed by atoms with Crippen LogP contribution in [0.15, 0.2) is 60.7 Å². The van der Waals surface area contributed by atoms with Crippen LogP contribution in [-0.4, -0.2) is 35.7 Å². The number of aromatic hydroxyl groups is 1. The van der Waals surface area contributed by atoms with Gasteiger partial charge in [0.2, 0.25) is 0 Å². The van der Waals surface area contributed by atoms with Crippen LogP contribution in [0, 0.1) is 11.7 Å². The summed E-state index contributed by atoms with van der Waals surface area (Å²) in [5.41, 5.74) is 3.87. The zero-order chi connectivity index (χ0) is 25.4. The highest BCUT2D eigenvalue weighted by atomic mass is 35.5. The molecule has 0 saturated carbocycles. The zero-order valence-corrected chi connectivity index (χ0v) is 21.6. The van der Waals surface area contributed by atoms with E-state index in [0.29, 0.717) is 29.0 Å². The van der Waals surface area contributed by atoms with Crippen LogP contribution < -0.4 is 9.47 Å². The van der Waals surface area contributed by atoms with Gasteiger partial charge < -0.3 is 14.6 Å². The Kier molecular flexibility index (Phi) is 6.96. The van der Waals surface area contributed by atoms with Crippen molar-refractivity contribution in [3.05, 3.63) is 88.2 Å². The molecule has 2 aliphatic rings. The van der Waals surface area contributed by atoms with E-state index < -0.39 is 6.10 Å². The third-order valence-corrected chi connectivity index (χ3v) is 7.58. The van der Waals surface area contributed by atoms with Crippen molar-refractivity contribution in [1.82, 2.24) is 4.90 Å². The van der Waals surface area contributed by atoms with E-state index in [1.807, 2.05) is 31.2 Å². The summed E-state index contributed by atoms with van der Waals surface area (Å²) in [5.74, 6) is 1.96. The molecule has 0 spiro atoms. The lowest BCUT2D eigenvalue weighted by atomic mass is 9.86. The van der Waals surface area contributed by atoms with E-state index in [9.17, 15) is 9.50 Å². The molecule has 4 nitrogen and oxygen atoms in total. The number of benzene rings is 3. The summed E-state index contributed by atoms with van der Waals surface area (Å²) in [4.78, 5) is 2.48. The van der Waals surface area contributed by atoms with Crippen LogP contribution >= 0.6 is 11.6 Å². The number of phenols is 1. The van der Waals surface area contributed by atoms with Gasteiger partial charge in [0.15, 0.2) is 0 Å². The molecule has 1 N–H and O–H groups in total. The first-order valence-electron chi connectivity index (χ1n) is 12.4. The molecule has 3 aromatic rings. The molecule has 0 amide bonds. The minimum absolute atomic E-state index is 0.138. The predicted molar refractivity (Wildman–Crippen MR) is 142 cm³/mol. The number of likely N-dealkylation sites (tertiary alicyclic amines) is 1. The van der Waals surface area contributed by atoms with Crippen molar-refractivity contribution in [3.63, 3.8) is 0 Å². The molecule has 36 heavy (non-hydrogen) atoms. The molecular weight excluding hydrogens is 477 g/mol. The Morgan fingerprint density at radius 2 is 1.89 bits per heavy atom. The average molecular weight is 508 g/mol. The van der Waals surface area contributed by atoms with Crippen molar-refractivity contribution in [2.45, 2.75) is 39.3 Å². The van der Waals surface area contributed by atoms with Crippen molar-refractivity contribution in [3.8, 4) is 17.2 Å². The van der Waals surface area contributed by atoms with Crippen LogP contribution in [0.3, 0.4) is 0 Å². The van der Waals surface area contributed by atoms with E-state index in [4.69, 9.17) is 21.1 Å². The van der Waals surface area contributed by atoms with Gasteiger partial charge in [0.25, 0.3) is 0 Å². The van der Waals surface area contributed by atoms with Crippen molar-refractivity contribution >= 4 is 22.7 Å². The third kappa shape index (κ3) is 4.95. The summed E-state index contributed by atoms with van der Waals surface area (Å²) in [7, 11) is 0. The van der Waals surface area contributed by atoms with Crippen molar-refractivity contribution < 1.29 is 19.0 Å². The van der Waals surface area contributed by atoms with Gasteiger partial charge in [-0.15, -0.1) is 0 Å². The molecule has 3 unspecified atom stereocenters. The van der Waals surface area contributed by atoms with Gasteiger partial charge in [0.1, 0.15) is 35.8 Å². The van der Waals surface area contributed by atoms with Crippen molar-refractivity contribution in [1.29, 1.82) is 0 Å². The van der Waals surface area contributed by atoms with Crippen LogP contribution in [-0.2, 0) is 0 Å². The molecule has 0 radical (unpaired) electrons. The maximum atomic E-state index is 14.3. The lowest BCUT2D eigenvalue weighted by molar-refractivity contribution is 0.169. The smallest absolute Gasteiger partial charge is 0.150 e. The van der Waals surface area contributed by atoms with Crippen LogP contribution in [0.25, 0.3) is 11.1 Å². The molecule has 3 atom stereocenters. The van der Waals surface area contributed by atoms with Gasteiger partial charge >= 0.3 is 0 Å². The van der Waals surface area contributed by atoms with E-state index in [1.54, 1.807) is 24.3 Å². The Balaban J connectivity index is 1.43. The first-order chi connectivity index (χ1) is 17.3. The van der Waals surface area contributed by atoms with Gasteiger partial charge in [-0.3, -0.25) is 4.90 Å². The van der Waals surface area contributed by atoms with Gasteiger partial charge in [-0.2, -0.15) is 0 Å². The summed E-state index contributed by atoms with van der Waals surface area (Å²) >= 11 is 6.54. The largest absolute Gasteiger partial charge is 0.508 e. The Morgan fingerprint density at radius 3 is 2.61 bits per heavy atom. The summed E-state index contributed by atoms with van der Waals surface area (Å²) < 4.78 is 26.8. The first kappa shape index (κ1) is 24.7. The van der Waals surface area contributed by atoms with E-state index in [2.05, 4.69) is 18.7 Å². The predicted octanol–water partition coefficient (Wildman–Crippen LogP) is 7.36. The minimum atomic E-state index is -0.500. The van der Waals surface area contributed by atoms with Gasteiger partial charge in [-0.25, -0.2) is 4.39 Å². The fraction of sp³-hybridized carbons (Fsp3) is 0.333. The highest BCUT2D eigenvalue weighted by Gasteiger charge is 2.31. The number of allylic oxidation sites excluding steroid dienone is 1. The highest BCUT2D eigenvalue weighted by Crippen LogP contribution is 2.48. The van der Waals surface area contributed by atoms with Crippen LogP contribution in [0.4, 0.5) is 4.39 Å². The lowest BCUT2D eigenvalue weighted by Crippen LogP contribution is -2.35. The Bertz CT molecular complexity index is 1290. The molecule has 1 saturated heterocycles. The maximum absolute atomic E-state index is 14.3. The van der Waals surface area contributed by atoms with Crippen molar-refractivity contribution in [2.75, 3.05) is 19.7 Å². The summed E-state index contributed by atoms with van der Waals surface area (Å²) in [6, 6.07) is 17.6. The topological polar surface area (TPSA) is 41.9 Å². The van der Waals surface area contributed by atoms with Crippen LogP contribution in [0.1, 0.15) is 50.0 Å². The molecule has 0 aliphatic carbocycles. The number of halogens is 2. The van der Waals surface area contributed by atoms with Gasteiger partial charge in [0.05, 0.1) is 0 Å². The zero-order valence-electron chi connectivity index (χ0n) is 20.8. The molecule has 3 aromatic carbocycles. The third-order valence-electron chi connectivity index (χ3n) is 7.25. The average Bonchev–Trinajstić information content (AvgIpc) is 3.31. The summed E-state index contributed by atoms with van der Waals surface area (Å²) in [6.45, 7) is 9.33.